The van der Waals surface area contributed by atoms with E-state index in [1.165, 1.54) is 7.11 Å². The normalized spacial score (nSPS) is 34.9. The monoisotopic (exact) mass is 187 g/mol. The Kier molecular flexibility index (Phi) is 2.93. The minimum atomic E-state index is -0.603. The molecular formula is C9H17NO3. The van der Waals surface area contributed by atoms with E-state index in [0.29, 0.717) is 19.4 Å². The Bertz CT molecular complexity index is 207. The van der Waals surface area contributed by atoms with Crippen molar-refractivity contribution in [1.29, 1.82) is 0 Å². The molecule has 0 aliphatic carbocycles. The van der Waals surface area contributed by atoms with Crippen LogP contribution in [0.1, 0.15) is 19.8 Å². The van der Waals surface area contributed by atoms with E-state index in [-0.39, 0.29) is 5.97 Å². The summed E-state index contributed by atoms with van der Waals surface area (Å²) in [6, 6.07) is 0. The molecule has 76 valence electrons. The van der Waals surface area contributed by atoms with Crippen molar-refractivity contribution in [2.75, 3.05) is 20.7 Å². The molecule has 1 fully saturated rings. The number of aliphatic hydroxyl groups excluding tert-OH is 1. The van der Waals surface area contributed by atoms with Gasteiger partial charge < -0.3 is 9.84 Å². The topological polar surface area (TPSA) is 49.8 Å². The molecule has 0 saturated carbocycles. The lowest BCUT2D eigenvalue weighted by Gasteiger charge is -2.31. The number of β-amino-alcohol motifs (C(OH)–C–C–N with tert-alkyl or cyclic N) is 1. The van der Waals surface area contributed by atoms with Crippen molar-refractivity contribution < 1.29 is 14.6 Å². The van der Waals surface area contributed by atoms with Crippen LogP contribution in [0, 0.1) is 0 Å². The smallest absolute Gasteiger partial charge is 0.326 e. The van der Waals surface area contributed by atoms with Crippen molar-refractivity contribution in [2.45, 2.75) is 31.4 Å². The highest BCUT2D eigenvalue weighted by molar-refractivity contribution is 5.81. The zero-order valence-corrected chi connectivity index (χ0v) is 8.41. The van der Waals surface area contributed by atoms with Gasteiger partial charge in [0.1, 0.15) is 5.54 Å². The molecule has 0 aromatic carbocycles. The summed E-state index contributed by atoms with van der Waals surface area (Å²) < 4.78 is 4.76. The summed E-state index contributed by atoms with van der Waals surface area (Å²) in [6.45, 7) is 2.48. The lowest BCUT2D eigenvalue weighted by atomic mass is 9.92. The van der Waals surface area contributed by atoms with Gasteiger partial charge in [-0.3, -0.25) is 9.69 Å². The molecule has 1 rings (SSSR count). The number of likely N-dealkylation sites (N-methyl/N-ethyl adjacent to an activating group) is 1. The second-order valence-electron chi connectivity index (χ2n) is 3.62. The van der Waals surface area contributed by atoms with E-state index in [1.807, 2.05) is 18.9 Å². The number of methoxy groups -OCH3 is 1. The van der Waals surface area contributed by atoms with Gasteiger partial charge in [-0.25, -0.2) is 0 Å². The first-order valence-electron chi connectivity index (χ1n) is 4.54. The van der Waals surface area contributed by atoms with E-state index < -0.39 is 11.6 Å². The lowest BCUT2D eigenvalue weighted by Crippen LogP contribution is -2.48. The van der Waals surface area contributed by atoms with Crippen molar-refractivity contribution in [3.8, 4) is 0 Å². The lowest BCUT2D eigenvalue weighted by molar-refractivity contribution is -0.153. The maximum absolute atomic E-state index is 11.5. The predicted molar refractivity (Wildman–Crippen MR) is 48.3 cm³/mol. The number of aliphatic hydroxyl groups is 1. The van der Waals surface area contributed by atoms with Crippen molar-refractivity contribution in [1.82, 2.24) is 4.90 Å². The van der Waals surface area contributed by atoms with Gasteiger partial charge in [-0.05, 0) is 13.5 Å². The molecule has 4 nitrogen and oxygen atoms in total. The Morgan fingerprint density at radius 2 is 2.38 bits per heavy atom. The summed E-state index contributed by atoms with van der Waals surface area (Å²) >= 11 is 0. The number of rotatable bonds is 2. The minimum Gasteiger partial charge on any atom is -0.468 e. The van der Waals surface area contributed by atoms with Gasteiger partial charge in [0.25, 0.3) is 0 Å². The molecular weight excluding hydrogens is 170 g/mol. The third kappa shape index (κ3) is 1.56. The molecule has 0 bridgehead atoms. The fourth-order valence-electron chi connectivity index (χ4n) is 2.09. The zero-order chi connectivity index (χ0) is 10.1. The van der Waals surface area contributed by atoms with Gasteiger partial charge in [0.2, 0.25) is 0 Å². The van der Waals surface area contributed by atoms with E-state index in [9.17, 15) is 9.90 Å². The highest BCUT2D eigenvalue weighted by Gasteiger charge is 2.48. The van der Waals surface area contributed by atoms with Crippen molar-refractivity contribution in [2.24, 2.45) is 0 Å². The van der Waals surface area contributed by atoms with Gasteiger partial charge in [-0.2, -0.15) is 0 Å². The van der Waals surface area contributed by atoms with E-state index in [4.69, 9.17) is 4.74 Å². The molecule has 2 atom stereocenters. The Balaban J connectivity index is 2.86. The van der Waals surface area contributed by atoms with Gasteiger partial charge >= 0.3 is 5.97 Å². The Hall–Kier alpha value is -0.610. The number of hydrogen-bond acceptors (Lipinski definition) is 4. The fraction of sp³-hybridized carbons (Fsp3) is 0.889. The van der Waals surface area contributed by atoms with E-state index in [1.54, 1.807) is 0 Å². The molecule has 13 heavy (non-hydrogen) atoms. The average molecular weight is 187 g/mol. The first kappa shape index (κ1) is 10.5. The third-order valence-corrected chi connectivity index (χ3v) is 2.94. The number of carbonyl (C=O) groups excluding carboxylic acids is 1. The van der Waals surface area contributed by atoms with E-state index >= 15 is 0 Å². The number of esters is 1. The summed E-state index contributed by atoms with van der Waals surface area (Å²) in [6.07, 6.45) is 0.740. The quantitative estimate of drug-likeness (QED) is 0.618. The molecule has 1 aliphatic rings. The standard InChI is InChI=1S/C9H17NO3/c1-4-9(8(12)13-3)5-7(11)6-10(9)2/h7,11H,4-6H2,1-3H3/t7-,9-/m0/s1. The number of ether oxygens (including phenoxy) is 1. The largest absolute Gasteiger partial charge is 0.468 e. The third-order valence-electron chi connectivity index (χ3n) is 2.94. The second kappa shape index (κ2) is 3.64. The molecule has 1 saturated heterocycles. The summed E-state index contributed by atoms with van der Waals surface area (Å²) in [4.78, 5) is 13.4. The molecule has 0 spiro atoms. The Labute approximate surface area is 78.5 Å². The predicted octanol–water partition coefficient (Wildman–Crippen LogP) is 0.00460. The Morgan fingerprint density at radius 3 is 2.69 bits per heavy atom. The van der Waals surface area contributed by atoms with Crippen molar-refractivity contribution >= 4 is 5.97 Å². The van der Waals surface area contributed by atoms with Gasteiger partial charge in [0, 0.05) is 13.0 Å². The summed E-state index contributed by atoms with van der Waals surface area (Å²) in [5.74, 6) is -0.242. The summed E-state index contributed by atoms with van der Waals surface area (Å²) in [5.41, 5.74) is -0.603. The van der Waals surface area contributed by atoms with Crippen LogP contribution in [0.3, 0.4) is 0 Å². The molecule has 0 aromatic rings. The first-order chi connectivity index (χ1) is 6.06. The fourth-order valence-corrected chi connectivity index (χ4v) is 2.09. The van der Waals surface area contributed by atoms with Crippen LogP contribution in [0.2, 0.25) is 0 Å². The first-order valence-corrected chi connectivity index (χ1v) is 4.54. The molecule has 4 heteroatoms. The SMILES string of the molecule is CC[C@@]1(C(=O)OC)C[C@H](O)CN1C. The van der Waals surface area contributed by atoms with E-state index in [0.717, 1.165) is 0 Å². The van der Waals surface area contributed by atoms with Crippen LogP contribution in [0.25, 0.3) is 0 Å². The van der Waals surface area contributed by atoms with Gasteiger partial charge in [0.15, 0.2) is 0 Å². The molecule has 1 heterocycles. The van der Waals surface area contributed by atoms with Gasteiger partial charge in [-0.1, -0.05) is 6.92 Å². The summed E-state index contributed by atoms with van der Waals surface area (Å²) in [5, 5.41) is 9.46. The molecule has 0 unspecified atom stereocenters. The Morgan fingerprint density at radius 1 is 1.77 bits per heavy atom. The number of hydrogen-bond donors (Lipinski definition) is 1. The highest BCUT2D eigenvalue weighted by Crippen LogP contribution is 2.32. The highest BCUT2D eigenvalue weighted by atomic mass is 16.5. The average Bonchev–Trinajstić information content (AvgIpc) is 2.40. The van der Waals surface area contributed by atoms with Crippen LogP contribution in [0.5, 0.6) is 0 Å². The number of carbonyl (C=O) groups is 1. The van der Waals surface area contributed by atoms with Crippen LogP contribution in [0.15, 0.2) is 0 Å². The number of likely N-dealkylation sites (tertiary alicyclic amines) is 1. The zero-order valence-electron chi connectivity index (χ0n) is 8.41. The van der Waals surface area contributed by atoms with Crippen LogP contribution in [-0.4, -0.2) is 48.3 Å². The molecule has 0 aromatic heterocycles. The minimum absolute atomic E-state index is 0.242. The second-order valence-corrected chi connectivity index (χ2v) is 3.62. The van der Waals surface area contributed by atoms with E-state index in [2.05, 4.69) is 0 Å². The van der Waals surface area contributed by atoms with Gasteiger partial charge in [-0.15, -0.1) is 0 Å². The molecule has 1 aliphatic heterocycles. The molecule has 1 N–H and O–H groups in total. The van der Waals surface area contributed by atoms with Crippen LogP contribution >= 0.6 is 0 Å². The maximum Gasteiger partial charge on any atom is 0.326 e. The summed E-state index contributed by atoms with van der Waals surface area (Å²) in [7, 11) is 3.23. The van der Waals surface area contributed by atoms with Crippen LogP contribution in [0.4, 0.5) is 0 Å². The van der Waals surface area contributed by atoms with Crippen LogP contribution in [-0.2, 0) is 9.53 Å². The van der Waals surface area contributed by atoms with Crippen molar-refractivity contribution in [3.63, 3.8) is 0 Å². The van der Waals surface area contributed by atoms with Gasteiger partial charge in [0.05, 0.1) is 13.2 Å². The molecule has 0 amide bonds. The number of nitrogens with zero attached hydrogens (tertiary/aromatic N) is 1. The molecule has 0 radical (unpaired) electrons. The maximum atomic E-state index is 11.5. The van der Waals surface area contributed by atoms with Crippen LogP contribution < -0.4 is 0 Å². The van der Waals surface area contributed by atoms with Crippen molar-refractivity contribution in [3.05, 3.63) is 0 Å².